The third-order valence-corrected chi connectivity index (χ3v) is 5.51. The lowest BCUT2D eigenvalue weighted by Crippen LogP contribution is -2.20. The number of aryl methyl sites for hydroxylation is 1. The summed E-state index contributed by atoms with van der Waals surface area (Å²) >= 11 is 0. The number of anilines is 2. The molecule has 0 atom stereocenters. The van der Waals surface area contributed by atoms with Gasteiger partial charge in [0.25, 0.3) is 0 Å². The number of methoxy groups -OCH3 is 1. The lowest BCUT2D eigenvalue weighted by atomic mass is 10.1. The summed E-state index contributed by atoms with van der Waals surface area (Å²) in [5.41, 5.74) is 10.2. The van der Waals surface area contributed by atoms with Crippen molar-refractivity contribution in [1.82, 2.24) is 9.97 Å². The van der Waals surface area contributed by atoms with Crippen LogP contribution >= 0.6 is 0 Å². The van der Waals surface area contributed by atoms with E-state index in [1.807, 2.05) is 60.4 Å². The van der Waals surface area contributed by atoms with Gasteiger partial charge in [0.2, 0.25) is 0 Å². The lowest BCUT2D eigenvalue weighted by Gasteiger charge is -2.26. The Bertz CT molecular complexity index is 1250. The molecule has 4 rings (SSSR count). The number of imidazole rings is 1. The Morgan fingerprint density at radius 2 is 1.85 bits per heavy atom. The van der Waals surface area contributed by atoms with Crippen molar-refractivity contribution in [1.29, 1.82) is 5.41 Å². The molecule has 0 aliphatic carbocycles. The smallest absolute Gasteiger partial charge is 0.188 e. The maximum Gasteiger partial charge on any atom is 0.188 e. The van der Waals surface area contributed by atoms with E-state index < -0.39 is 5.82 Å². The predicted octanol–water partition coefficient (Wildman–Crippen LogP) is 5.41. The summed E-state index contributed by atoms with van der Waals surface area (Å²) in [6, 6.07) is 20.6. The van der Waals surface area contributed by atoms with Gasteiger partial charge < -0.3 is 20.4 Å². The zero-order chi connectivity index (χ0) is 23.4. The first-order valence-corrected chi connectivity index (χ1v) is 10.7. The van der Waals surface area contributed by atoms with Gasteiger partial charge in [0, 0.05) is 11.3 Å². The molecule has 7 heteroatoms. The molecule has 0 bridgehead atoms. The number of amidine groups is 1. The van der Waals surface area contributed by atoms with E-state index >= 15 is 4.39 Å². The number of nitrogen functional groups attached to an aromatic ring is 1. The number of nitrogens with one attached hydrogen (secondary N) is 2. The molecule has 0 radical (unpaired) electrons. The monoisotopic (exact) mass is 443 g/mol. The number of nitrogens with two attached hydrogens (primary N) is 1. The minimum atomic E-state index is -0.444. The van der Waals surface area contributed by atoms with Gasteiger partial charge in [-0.05, 0) is 53.9 Å². The fourth-order valence-corrected chi connectivity index (χ4v) is 3.68. The van der Waals surface area contributed by atoms with Gasteiger partial charge in [-0.2, -0.15) is 0 Å². The van der Waals surface area contributed by atoms with Crippen molar-refractivity contribution in [3.05, 3.63) is 95.7 Å². The van der Waals surface area contributed by atoms with E-state index in [0.717, 1.165) is 28.9 Å². The third kappa shape index (κ3) is 4.72. The average molecular weight is 444 g/mol. The molecule has 0 spiro atoms. The van der Waals surface area contributed by atoms with Gasteiger partial charge in [-0.25, -0.2) is 9.37 Å². The standard InChI is InChI=1S/C26H26FN5O/c1-3-17-13-22(25(27)23(14-17)33-2)32(20-11-9-19(10-12-20)26(28)29)16-24-30-15-21(31-24)18-7-5-4-6-8-18/h4-15H,3,16H2,1-2H3,(H3,28,29)(H,30,31). The Hall–Kier alpha value is -4.13. The maximum absolute atomic E-state index is 15.5. The molecule has 0 unspecified atom stereocenters. The van der Waals surface area contributed by atoms with Gasteiger partial charge in [-0.1, -0.05) is 37.3 Å². The van der Waals surface area contributed by atoms with Crippen molar-refractivity contribution in [2.24, 2.45) is 5.73 Å². The van der Waals surface area contributed by atoms with E-state index in [2.05, 4.69) is 9.97 Å². The summed E-state index contributed by atoms with van der Waals surface area (Å²) in [7, 11) is 1.46. The zero-order valence-electron chi connectivity index (χ0n) is 18.6. The molecule has 0 aliphatic rings. The first-order chi connectivity index (χ1) is 16.0. The summed E-state index contributed by atoms with van der Waals surface area (Å²) < 4.78 is 20.8. The number of nitrogens with zero attached hydrogens (tertiary/aromatic N) is 2. The van der Waals surface area contributed by atoms with Crippen LogP contribution in [0.25, 0.3) is 11.3 Å². The van der Waals surface area contributed by atoms with E-state index in [-0.39, 0.29) is 11.6 Å². The fourth-order valence-electron chi connectivity index (χ4n) is 3.68. The van der Waals surface area contributed by atoms with Crippen molar-refractivity contribution in [2.75, 3.05) is 12.0 Å². The molecule has 0 fully saturated rings. The zero-order valence-corrected chi connectivity index (χ0v) is 18.6. The van der Waals surface area contributed by atoms with Crippen LogP contribution in [0.5, 0.6) is 5.75 Å². The van der Waals surface area contributed by atoms with Crippen LogP contribution in [0.15, 0.2) is 72.9 Å². The Morgan fingerprint density at radius 1 is 1.12 bits per heavy atom. The highest BCUT2D eigenvalue weighted by Crippen LogP contribution is 2.35. The molecule has 3 aromatic carbocycles. The molecule has 0 saturated heterocycles. The first kappa shape index (κ1) is 22.1. The number of ether oxygens (including phenoxy) is 1. The van der Waals surface area contributed by atoms with E-state index in [0.29, 0.717) is 23.6 Å². The number of halogens is 1. The molecule has 4 N–H and O–H groups in total. The van der Waals surface area contributed by atoms with Crippen LogP contribution in [0, 0.1) is 11.2 Å². The second-order valence-electron chi connectivity index (χ2n) is 7.64. The highest BCUT2D eigenvalue weighted by atomic mass is 19.1. The van der Waals surface area contributed by atoms with E-state index in [9.17, 15) is 0 Å². The molecule has 1 heterocycles. The van der Waals surface area contributed by atoms with Gasteiger partial charge in [-0.3, -0.25) is 5.41 Å². The van der Waals surface area contributed by atoms with Crippen LogP contribution in [0.3, 0.4) is 0 Å². The fraction of sp³-hybridized carbons (Fsp3) is 0.154. The average Bonchev–Trinajstić information content (AvgIpc) is 3.32. The van der Waals surface area contributed by atoms with Crippen LogP contribution in [0.2, 0.25) is 0 Å². The molecule has 6 nitrogen and oxygen atoms in total. The first-order valence-electron chi connectivity index (χ1n) is 10.7. The second kappa shape index (κ2) is 9.56. The van der Waals surface area contributed by atoms with Crippen LogP contribution < -0.4 is 15.4 Å². The van der Waals surface area contributed by atoms with Crippen LogP contribution in [0.4, 0.5) is 15.8 Å². The number of H-pyrrole nitrogens is 1. The maximum atomic E-state index is 15.5. The number of aromatic nitrogens is 2. The molecule has 4 aromatic rings. The van der Waals surface area contributed by atoms with Crippen molar-refractivity contribution in [3.63, 3.8) is 0 Å². The van der Waals surface area contributed by atoms with Gasteiger partial charge in [0.05, 0.1) is 31.2 Å². The number of aromatic amines is 1. The van der Waals surface area contributed by atoms with Crippen LogP contribution in [-0.4, -0.2) is 22.9 Å². The summed E-state index contributed by atoms with van der Waals surface area (Å²) in [5, 5.41) is 7.65. The van der Waals surface area contributed by atoms with Gasteiger partial charge >= 0.3 is 0 Å². The second-order valence-corrected chi connectivity index (χ2v) is 7.64. The van der Waals surface area contributed by atoms with Gasteiger partial charge in [0.15, 0.2) is 11.6 Å². The van der Waals surface area contributed by atoms with Crippen molar-refractivity contribution < 1.29 is 9.13 Å². The highest BCUT2D eigenvalue weighted by Gasteiger charge is 2.20. The largest absolute Gasteiger partial charge is 0.494 e. The number of hydrogen-bond donors (Lipinski definition) is 3. The summed E-state index contributed by atoms with van der Waals surface area (Å²) in [5.74, 6) is 0.413. The number of benzene rings is 3. The van der Waals surface area contributed by atoms with Crippen LogP contribution in [0.1, 0.15) is 23.9 Å². The molecule has 168 valence electrons. The molecular formula is C26H26FN5O. The minimum Gasteiger partial charge on any atom is -0.494 e. The molecule has 0 amide bonds. The molecule has 0 saturated carbocycles. The van der Waals surface area contributed by atoms with Crippen molar-refractivity contribution in [3.8, 4) is 17.0 Å². The Balaban J connectivity index is 1.77. The molecule has 1 aromatic heterocycles. The van der Waals surface area contributed by atoms with Gasteiger partial charge in [0.1, 0.15) is 11.7 Å². The van der Waals surface area contributed by atoms with E-state index in [1.54, 1.807) is 24.4 Å². The Labute approximate surface area is 192 Å². The summed E-state index contributed by atoms with van der Waals surface area (Å²) in [6.45, 7) is 2.32. The molecule has 0 aliphatic heterocycles. The quantitative estimate of drug-likeness (QED) is 0.251. The molecular weight excluding hydrogens is 417 g/mol. The highest BCUT2D eigenvalue weighted by molar-refractivity contribution is 5.95. The predicted molar refractivity (Wildman–Crippen MR) is 130 cm³/mol. The Kier molecular flexibility index (Phi) is 6.40. The topological polar surface area (TPSA) is 91.0 Å². The number of rotatable bonds is 8. The molecule has 33 heavy (non-hydrogen) atoms. The van der Waals surface area contributed by atoms with E-state index in [1.165, 1.54) is 7.11 Å². The van der Waals surface area contributed by atoms with Crippen molar-refractivity contribution in [2.45, 2.75) is 19.9 Å². The number of hydrogen-bond acceptors (Lipinski definition) is 4. The summed E-state index contributed by atoms with van der Waals surface area (Å²) in [4.78, 5) is 9.73. The van der Waals surface area contributed by atoms with E-state index in [4.69, 9.17) is 15.9 Å². The van der Waals surface area contributed by atoms with Crippen molar-refractivity contribution >= 4 is 17.2 Å². The lowest BCUT2D eigenvalue weighted by molar-refractivity contribution is 0.386. The third-order valence-electron chi connectivity index (χ3n) is 5.51. The normalized spacial score (nSPS) is 10.8. The SMILES string of the molecule is CCc1cc(OC)c(F)c(N(Cc2ncc(-c3ccccc3)[nH]2)c2ccc(C(=N)N)cc2)c1. The summed E-state index contributed by atoms with van der Waals surface area (Å²) in [6.07, 6.45) is 2.51. The Morgan fingerprint density at radius 3 is 2.48 bits per heavy atom. The van der Waals surface area contributed by atoms with Gasteiger partial charge in [-0.15, -0.1) is 0 Å². The van der Waals surface area contributed by atoms with Crippen LogP contribution in [-0.2, 0) is 13.0 Å². The minimum absolute atomic E-state index is 0.0209.